The van der Waals surface area contributed by atoms with Crippen molar-refractivity contribution in [3.63, 3.8) is 0 Å². The van der Waals surface area contributed by atoms with E-state index in [0.29, 0.717) is 12.5 Å². The molecule has 1 unspecified atom stereocenters. The van der Waals surface area contributed by atoms with E-state index < -0.39 is 0 Å². The second-order valence-corrected chi connectivity index (χ2v) is 5.17. The highest BCUT2D eigenvalue weighted by Gasteiger charge is 2.01. The Morgan fingerprint density at radius 3 is 2.24 bits per heavy atom. The quantitative estimate of drug-likeness (QED) is 0.493. The largest absolute Gasteiger partial charge is 0.396 e. The van der Waals surface area contributed by atoms with Gasteiger partial charge in [-0.2, -0.15) is 0 Å². The molecular formula is C15H32O2. The highest BCUT2D eigenvalue weighted by Crippen LogP contribution is 2.12. The second kappa shape index (κ2) is 14.0. The zero-order valence-electron chi connectivity index (χ0n) is 11.9. The molecule has 17 heavy (non-hydrogen) atoms. The molecular weight excluding hydrogens is 212 g/mol. The molecule has 0 bridgehead atoms. The summed E-state index contributed by atoms with van der Waals surface area (Å²) in [6.07, 6.45) is 11.7. The van der Waals surface area contributed by atoms with E-state index in [9.17, 15) is 0 Å². The minimum atomic E-state index is 0.242. The van der Waals surface area contributed by atoms with Gasteiger partial charge in [-0.3, -0.25) is 0 Å². The summed E-state index contributed by atoms with van der Waals surface area (Å²) in [7, 11) is 0. The van der Waals surface area contributed by atoms with Gasteiger partial charge in [0.25, 0.3) is 0 Å². The van der Waals surface area contributed by atoms with Gasteiger partial charge in [0.15, 0.2) is 0 Å². The molecule has 0 aliphatic rings. The van der Waals surface area contributed by atoms with Gasteiger partial charge in [-0.25, -0.2) is 0 Å². The average molecular weight is 244 g/mol. The molecule has 0 rings (SSSR count). The highest BCUT2D eigenvalue weighted by molar-refractivity contribution is 4.53. The van der Waals surface area contributed by atoms with Crippen LogP contribution in [0.3, 0.4) is 0 Å². The molecule has 0 saturated carbocycles. The first kappa shape index (κ1) is 16.9. The fraction of sp³-hybridized carbons (Fsp3) is 1.00. The minimum absolute atomic E-state index is 0.242. The van der Waals surface area contributed by atoms with Gasteiger partial charge in [-0.05, 0) is 18.8 Å². The van der Waals surface area contributed by atoms with Crippen LogP contribution in [-0.2, 0) is 4.74 Å². The fourth-order valence-electron chi connectivity index (χ4n) is 1.98. The number of rotatable bonds is 13. The van der Waals surface area contributed by atoms with E-state index in [0.717, 1.165) is 13.0 Å². The lowest BCUT2D eigenvalue weighted by molar-refractivity contribution is 0.0881. The van der Waals surface area contributed by atoms with Gasteiger partial charge in [-0.15, -0.1) is 0 Å². The molecule has 0 aliphatic heterocycles. The fourth-order valence-corrected chi connectivity index (χ4v) is 1.98. The summed E-state index contributed by atoms with van der Waals surface area (Å²) in [4.78, 5) is 0. The summed E-state index contributed by atoms with van der Waals surface area (Å²) in [5.74, 6) is 0.671. The zero-order chi connectivity index (χ0) is 12.8. The van der Waals surface area contributed by atoms with E-state index in [1.165, 1.54) is 51.4 Å². The van der Waals surface area contributed by atoms with Crippen LogP contribution in [0.4, 0.5) is 0 Å². The SMILES string of the molecule is CCCCCCCCCC(C)COCCCO. The second-order valence-electron chi connectivity index (χ2n) is 5.17. The molecule has 0 aromatic heterocycles. The zero-order valence-corrected chi connectivity index (χ0v) is 11.9. The van der Waals surface area contributed by atoms with Crippen molar-refractivity contribution >= 4 is 0 Å². The van der Waals surface area contributed by atoms with Crippen LogP contribution in [0.5, 0.6) is 0 Å². The molecule has 0 saturated heterocycles. The van der Waals surface area contributed by atoms with Gasteiger partial charge >= 0.3 is 0 Å². The number of hydrogen-bond acceptors (Lipinski definition) is 2. The van der Waals surface area contributed by atoms with Crippen LogP contribution in [0.25, 0.3) is 0 Å². The predicted molar refractivity (Wildman–Crippen MR) is 74.3 cm³/mol. The molecule has 2 heteroatoms. The van der Waals surface area contributed by atoms with E-state index in [4.69, 9.17) is 9.84 Å². The van der Waals surface area contributed by atoms with Crippen LogP contribution in [0.15, 0.2) is 0 Å². The summed E-state index contributed by atoms with van der Waals surface area (Å²) >= 11 is 0. The highest BCUT2D eigenvalue weighted by atomic mass is 16.5. The van der Waals surface area contributed by atoms with Crippen molar-refractivity contribution < 1.29 is 9.84 Å². The Morgan fingerprint density at radius 1 is 0.941 bits per heavy atom. The van der Waals surface area contributed by atoms with Crippen LogP contribution in [0, 0.1) is 5.92 Å². The van der Waals surface area contributed by atoms with Gasteiger partial charge in [0, 0.05) is 19.8 Å². The lowest BCUT2D eigenvalue weighted by atomic mass is 10.0. The Morgan fingerprint density at radius 2 is 1.59 bits per heavy atom. The Balaban J connectivity index is 3.08. The van der Waals surface area contributed by atoms with E-state index in [1.54, 1.807) is 0 Å². The topological polar surface area (TPSA) is 29.5 Å². The third kappa shape index (κ3) is 13.9. The minimum Gasteiger partial charge on any atom is -0.396 e. The van der Waals surface area contributed by atoms with Crippen molar-refractivity contribution in [2.45, 2.75) is 71.6 Å². The maximum Gasteiger partial charge on any atom is 0.0491 e. The predicted octanol–water partition coefficient (Wildman–Crippen LogP) is 4.16. The summed E-state index contributed by atoms with van der Waals surface area (Å²) in [5.41, 5.74) is 0. The Hall–Kier alpha value is -0.0800. The lowest BCUT2D eigenvalue weighted by Crippen LogP contribution is -2.07. The smallest absolute Gasteiger partial charge is 0.0491 e. The van der Waals surface area contributed by atoms with Crippen molar-refractivity contribution in [1.29, 1.82) is 0 Å². The third-order valence-electron chi connectivity index (χ3n) is 3.15. The van der Waals surface area contributed by atoms with Crippen LogP contribution in [0.1, 0.15) is 71.6 Å². The number of unbranched alkanes of at least 4 members (excludes halogenated alkanes) is 6. The van der Waals surface area contributed by atoms with Gasteiger partial charge in [0.05, 0.1) is 0 Å². The standard InChI is InChI=1S/C15H32O2/c1-3-4-5-6-7-8-9-11-15(2)14-17-13-10-12-16/h15-16H,3-14H2,1-2H3. The average Bonchev–Trinajstić information content (AvgIpc) is 2.33. The lowest BCUT2D eigenvalue weighted by Gasteiger charge is -2.11. The first-order valence-electron chi connectivity index (χ1n) is 7.49. The Kier molecular flexibility index (Phi) is 13.9. The number of ether oxygens (including phenoxy) is 1. The number of aliphatic hydroxyl groups excluding tert-OH is 1. The van der Waals surface area contributed by atoms with Crippen LogP contribution >= 0.6 is 0 Å². The molecule has 0 aromatic carbocycles. The molecule has 0 amide bonds. The molecule has 0 spiro atoms. The molecule has 2 nitrogen and oxygen atoms in total. The summed E-state index contributed by atoms with van der Waals surface area (Å²) < 4.78 is 5.49. The molecule has 0 aromatic rings. The van der Waals surface area contributed by atoms with Crippen molar-refractivity contribution in [1.82, 2.24) is 0 Å². The molecule has 0 heterocycles. The van der Waals surface area contributed by atoms with Crippen molar-refractivity contribution in [2.24, 2.45) is 5.92 Å². The van der Waals surface area contributed by atoms with Crippen molar-refractivity contribution in [3.05, 3.63) is 0 Å². The summed E-state index contributed by atoms with van der Waals surface area (Å²) in [6.45, 7) is 6.33. The first-order valence-corrected chi connectivity index (χ1v) is 7.49. The van der Waals surface area contributed by atoms with Gasteiger partial charge in [-0.1, -0.05) is 58.8 Å². The van der Waals surface area contributed by atoms with E-state index in [1.807, 2.05) is 0 Å². The van der Waals surface area contributed by atoms with E-state index in [-0.39, 0.29) is 6.61 Å². The molecule has 0 aliphatic carbocycles. The third-order valence-corrected chi connectivity index (χ3v) is 3.15. The van der Waals surface area contributed by atoms with Gasteiger partial charge in [0.1, 0.15) is 0 Å². The number of hydrogen-bond donors (Lipinski definition) is 1. The summed E-state index contributed by atoms with van der Waals surface area (Å²) in [6, 6.07) is 0. The molecule has 104 valence electrons. The normalized spacial score (nSPS) is 12.9. The number of aliphatic hydroxyl groups is 1. The maximum atomic E-state index is 8.61. The monoisotopic (exact) mass is 244 g/mol. The van der Waals surface area contributed by atoms with E-state index >= 15 is 0 Å². The molecule has 0 fully saturated rings. The van der Waals surface area contributed by atoms with Crippen LogP contribution in [-0.4, -0.2) is 24.9 Å². The van der Waals surface area contributed by atoms with Crippen LogP contribution in [0.2, 0.25) is 0 Å². The first-order chi connectivity index (χ1) is 8.31. The Bertz CT molecular complexity index is 137. The molecule has 0 radical (unpaired) electrons. The van der Waals surface area contributed by atoms with Crippen LogP contribution < -0.4 is 0 Å². The summed E-state index contributed by atoms with van der Waals surface area (Å²) in [5, 5.41) is 8.61. The van der Waals surface area contributed by atoms with Gasteiger partial charge in [0.2, 0.25) is 0 Å². The van der Waals surface area contributed by atoms with E-state index in [2.05, 4.69) is 13.8 Å². The van der Waals surface area contributed by atoms with Crippen molar-refractivity contribution in [2.75, 3.05) is 19.8 Å². The Labute approximate surface area is 108 Å². The molecule has 1 atom stereocenters. The van der Waals surface area contributed by atoms with Gasteiger partial charge < -0.3 is 9.84 Å². The van der Waals surface area contributed by atoms with Crippen molar-refractivity contribution in [3.8, 4) is 0 Å². The maximum absolute atomic E-state index is 8.61. The molecule has 1 N–H and O–H groups in total.